The van der Waals surface area contributed by atoms with Crippen LogP contribution in [0.3, 0.4) is 0 Å². The summed E-state index contributed by atoms with van der Waals surface area (Å²) in [6.07, 6.45) is 1.09. The summed E-state index contributed by atoms with van der Waals surface area (Å²) in [5, 5.41) is 1.18. The van der Waals surface area contributed by atoms with Crippen LogP contribution in [0.2, 0.25) is 6.32 Å². The molecule has 106 valence electrons. The molecule has 0 saturated carbocycles. The molecule has 0 amide bonds. The van der Waals surface area contributed by atoms with E-state index in [0.717, 1.165) is 24.3 Å². The predicted octanol–water partition coefficient (Wildman–Crippen LogP) is 3.99. The van der Waals surface area contributed by atoms with Gasteiger partial charge in [0.15, 0.2) is 0 Å². The van der Waals surface area contributed by atoms with Gasteiger partial charge in [-0.3, -0.25) is 0 Å². The molecule has 2 nitrogen and oxygen atoms in total. The third-order valence-electron chi connectivity index (χ3n) is 4.06. The highest BCUT2D eigenvalue weighted by Crippen LogP contribution is 2.32. The SMILES string of the molecule is CC1(C)COB(c2ccc3oc(C(C)(C)C)cc3c2)C1. The Labute approximate surface area is 121 Å². The highest BCUT2D eigenvalue weighted by molar-refractivity contribution is 6.68. The maximum Gasteiger partial charge on any atom is 0.327 e. The molecule has 1 aliphatic heterocycles. The molecular formula is C17H23BO2. The normalized spacial score (nSPS) is 18.9. The van der Waals surface area contributed by atoms with E-state index in [1.165, 1.54) is 10.8 Å². The van der Waals surface area contributed by atoms with Gasteiger partial charge in [-0.2, -0.15) is 0 Å². The van der Waals surface area contributed by atoms with Crippen LogP contribution in [0, 0.1) is 5.41 Å². The van der Waals surface area contributed by atoms with Crippen molar-refractivity contribution in [2.24, 2.45) is 5.41 Å². The van der Waals surface area contributed by atoms with Crippen LogP contribution in [0.1, 0.15) is 40.4 Å². The number of rotatable bonds is 1. The molecule has 0 aliphatic carbocycles. The van der Waals surface area contributed by atoms with E-state index in [9.17, 15) is 0 Å². The van der Waals surface area contributed by atoms with Crippen LogP contribution in [0.4, 0.5) is 0 Å². The minimum Gasteiger partial charge on any atom is -0.461 e. The van der Waals surface area contributed by atoms with Gasteiger partial charge in [-0.1, -0.05) is 46.8 Å². The van der Waals surface area contributed by atoms with E-state index < -0.39 is 0 Å². The molecule has 3 heteroatoms. The summed E-state index contributed by atoms with van der Waals surface area (Å²) in [7, 11) is 0. The van der Waals surface area contributed by atoms with Crippen molar-refractivity contribution in [3.05, 3.63) is 30.0 Å². The van der Waals surface area contributed by atoms with E-state index in [0.29, 0.717) is 0 Å². The molecule has 0 N–H and O–H groups in total. The van der Waals surface area contributed by atoms with E-state index in [-0.39, 0.29) is 17.7 Å². The molecule has 0 radical (unpaired) electrons. The van der Waals surface area contributed by atoms with Crippen molar-refractivity contribution in [2.75, 3.05) is 6.61 Å². The molecule has 2 heterocycles. The fourth-order valence-corrected chi connectivity index (χ4v) is 2.79. The van der Waals surface area contributed by atoms with Gasteiger partial charge in [-0.15, -0.1) is 0 Å². The molecule has 3 rings (SSSR count). The van der Waals surface area contributed by atoms with Gasteiger partial charge in [0.05, 0.1) is 0 Å². The Bertz CT molecular complexity index is 634. The van der Waals surface area contributed by atoms with Gasteiger partial charge in [0.2, 0.25) is 0 Å². The van der Waals surface area contributed by atoms with Crippen LogP contribution >= 0.6 is 0 Å². The number of hydrogen-bond donors (Lipinski definition) is 0. The van der Waals surface area contributed by atoms with Crippen molar-refractivity contribution in [3.8, 4) is 0 Å². The Morgan fingerprint density at radius 2 is 1.90 bits per heavy atom. The first-order valence-corrected chi connectivity index (χ1v) is 7.40. The molecule has 0 bridgehead atoms. The van der Waals surface area contributed by atoms with Gasteiger partial charge in [-0.25, -0.2) is 0 Å². The van der Waals surface area contributed by atoms with Crippen LogP contribution in [-0.2, 0) is 10.1 Å². The van der Waals surface area contributed by atoms with Gasteiger partial charge in [0, 0.05) is 17.4 Å². The second-order valence-electron chi connectivity index (χ2n) is 7.83. The van der Waals surface area contributed by atoms with E-state index in [4.69, 9.17) is 9.07 Å². The van der Waals surface area contributed by atoms with Crippen molar-refractivity contribution < 1.29 is 9.07 Å². The molecule has 1 aromatic carbocycles. The molecule has 0 unspecified atom stereocenters. The van der Waals surface area contributed by atoms with E-state index in [1.807, 2.05) is 0 Å². The van der Waals surface area contributed by atoms with Crippen LogP contribution in [0.15, 0.2) is 28.7 Å². The summed E-state index contributed by atoms with van der Waals surface area (Å²) in [5.74, 6) is 1.04. The maximum atomic E-state index is 5.95. The molecule has 2 aromatic rings. The Morgan fingerprint density at radius 1 is 1.15 bits per heavy atom. The van der Waals surface area contributed by atoms with Crippen molar-refractivity contribution in [1.82, 2.24) is 0 Å². The highest BCUT2D eigenvalue weighted by Gasteiger charge is 2.36. The number of benzene rings is 1. The Kier molecular flexibility index (Phi) is 3.02. The maximum absolute atomic E-state index is 5.95. The summed E-state index contributed by atoms with van der Waals surface area (Å²) in [4.78, 5) is 0. The summed E-state index contributed by atoms with van der Waals surface area (Å²) in [5.41, 5.74) is 2.57. The number of hydrogen-bond acceptors (Lipinski definition) is 2. The average Bonchev–Trinajstić information content (AvgIpc) is 2.90. The lowest BCUT2D eigenvalue weighted by Crippen LogP contribution is -2.29. The van der Waals surface area contributed by atoms with Crippen LogP contribution in [0.5, 0.6) is 0 Å². The van der Waals surface area contributed by atoms with Gasteiger partial charge >= 0.3 is 6.92 Å². The minimum atomic E-state index is 0.0467. The Morgan fingerprint density at radius 3 is 2.50 bits per heavy atom. The zero-order chi connectivity index (χ0) is 14.5. The second kappa shape index (κ2) is 4.39. The molecule has 1 saturated heterocycles. The summed E-state index contributed by atoms with van der Waals surface area (Å²) in [6.45, 7) is 12.1. The molecular weight excluding hydrogens is 247 g/mol. The largest absolute Gasteiger partial charge is 0.461 e. The lowest BCUT2D eigenvalue weighted by Gasteiger charge is -2.13. The van der Waals surface area contributed by atoms with Crippen LogP contribution in [0.25, 0.3) is 11.0 Å². The van der Waals surface area contributed by atoms with Crippen molar-refractivity contribution in [3.63, 3.8) is 0 Å². The van der Waals surface area contributed by atoms with Crippen molar-refractivity contribution in [2.45, 2.75) is 46.4 Å². The quantitative estimate of drug-likeness (QED) is 0.731. The van der Waals surface area contributed by atoms with Gasteiger partial charge in [0.1, 0.15) is 11.3 Å². The van der Waals surface area contributed by atoms with E-state index in [2.05, 4.69) is 58.9 Å². The summed E-state index contributed by atoms with van der Waals surface area (Å²) >= 11 is 0. The van der Waals surface area contributed by atoms with Crippen molar-refractivity contribution in [1.29, 1.82) is 0 Å². The number of furan rings is 1. The zero-order valence-electron chi connectivity index (χ0n) is 13.1. The second-order valence-corrected chi connectivity index (χ2v) is 7.83. The first kappa shape index (κ1) is 13.8. The smallest absolute Gasteiger partial charge is 0.327 e. The topological polar surface area (TPSA) is 22.4 Å². The molecule has 20 heavy (non-hydrogen) atoms. The Hall–Kier alpha value is -1.22. The molecule has 0 spiro atoms. The van der Waals surface area contributed by atoms with Crippen LogP contribution in [-0.4, -0.2) is 13.5 Å². The summed E-state index contributed by atoms with van der Waals surface area (Å²) in [6, 6.07) is 8.61. The molecule has 1 aliphatic rings. The monoisotopic (exact) mass is 270 g/mol. The van der Waals surface area contributed by atoms with Gasteiger partial charge < -0.3 is 9.07 Å². The Balaban J connectivity index is 1.95. The molecule has 1 fully saturated rings. The fraction of sp³-hybridized carbons (Fsp3) is 0.529. The fourth-order valence-electron chi connectivity index (χ4n) is 2.79. The zero-order valence-corrected chi connectivity index (χ0v) is 13.1. The minimum absolute atomic E-state index is 0.0467. The lowest BCUT2D eigenvalue weighted by molar-refractivity contribution is 0.254. The third kappa shape index (κ3) is 2.51. The first-order valence-electron chi connectivity index (χ1n) is 7.40. The standard InChI is InChI=1S/C17H23BO2/c1-16(2,3)15-9-12-8-13(6-7-14(12)20-15)18-10-17(4,5)11-19-18/h6-9H,10-11H2,1-5H3. The lowest BCUT2D eigenvalue weighted by atomic mass is 9.55. The van der Waals surface area contributed by atoms with Gasteiger partial charge in [-0.05, 0) is 29.3 Å². The molecule has 0 atom stereocenters. The molecule has 1 aromatic heterocycles. The van der Waals surface area contributed by atoms with Crippen LogP contribution < -0.4 is 5.46 Å². The number of fused-ring (bicyclic) bond motifs is 1. The first-order chi connectivity index (χ1) is 9.24. The third-order valence-corrected chi connectivity index (χ3v) is 4.06. The highest BCUT2D eigenvalue weighted by atomic mass is 16.4. The van der Waals surface area contributed by atoms with Crippen molar-refractivity contribution >= 4 is 23.3 Å². The van der Waals surface area contributed by atoms with Gasteiger partial charge in [0.25, 0.3) is 0 Å². The average molecular weight is 270 g/mol. The summed E-state index contributed by atoms with van der Waals surface area (Å²) < 4.78 is 11.9. The van der Waals surface area contributed by atoms with E-state index >= 15 is 0 Å². The van der Waals surface area contributed by atoms with E-state index in [1.54, 1.807) is 0 Å². The predicted molar refractivity (Wildman–Crippen MR) is 84.8 cm³/mol.